The highest BCUT2D eigenvalue weighted by Gasteiger charge is 2.40. The molecule has 2 rings (SSSR count). The average Bonchev–Trinajstić information content (AvgIpc) is 2.65. The van der Waals surface area contributed by atoms with Gasteiger partial charge in [0.15, 0.2) is 0 Å². The van der Waals surface area contributed by atoms with Gasteiger partial charge in [0.05, 0.1) is 31.0 Å². The highest BCUT2D eigenvalue weighted by molar-refractivity contribution is 7.89. The second kappa shape index (κ2) is 9.03. The van der Waals surface area contributed by atoms with Gasteiger partial charge in [-0.2, -0.15) is 0 Å². The normalized spacial score (nSPS) is 19.8. The Bertz CT molecular complexity index is 800. The van der Waals surface area contributed by atoms with Crippen LogP contribution >= 0.6 is 0 Å². The largest absolute Gasteiger partial charge is 0.497 e. The molecule has 0 radical (unpaired) electrons. The summed E-state index contributed by atoms with van der Waals surface area (Å²) in [5.74, 6) is -1.57. The molecule has 0 saturated heterocycles. The van der Waals surface area contributed by atoms with Crippen molar-refractivity contribution in [2.75, 3.05) is 13.7 Å². The number of sulfonamides is 1. The van der Waals surface area contributed by atoms with Crippen LogP contribution in [0.25, 0.3) is 0 Å². The van der Waals surface area contributed by atoms with Crippen LogP contribution in [0.1, 0.15) is 33.1 Å². The number of hydrogen-bond donors (Lipinski definition) is 0. The minimum Gasteiger partial charge on any atom is -0.497 e. The van der Waals surface area contributed by atoms with Gasteiger partial charge in [-0.15, -0.1) is 0 Å². The standard InChI is InChI=1S/C19H25NO6S/c1-4-6-14-11-12-20(19(22)17(14)13-18(21)26-5-2)27(23,24)16-9-7-15(25-3)8-10-16/h7-12,14,17H,4-6,13H2,1-3H3/t14-,17-/m0/s1. The van der Waals surface area contributed by atoms with Gasteiger partial charge in [0.2, 0.25) is 5.91 Å². The Morgan fingerprint density at radius 3 is 2.41 bits per heavy atom. The second-order valence-electron chi connectivity index (χ2n) is 6.22. The van der Waals surface area contributed by atoms with Gasteiger partial charge in [0, 0.05) is 6.20 Å². The molecule has 1 aromatic rings. The van der Waals surface area contributed by atoms with Crippen LogP contribution in [0.15, 0.2) is 41.4 Å². The summed E-state index contributed by atoms with van der Waals surface area (Å²) in [5.41, 5.74) is 0. The quantitative estimate of drug-likeness (QED) is 0.629. The molecule has 0 unspecified atom stereocenters. The minimum absolute atomic E-state index is 0.0230. The van der Waals surface area contributed by atoms with Gasteiger partial charge in [-0.25, -0.2) is 12.7 Å². The monoisotopic (exact) mass is 395 g/mol. The van der Waals surface area contributed by atoms with Crippen LogP contribution in [-0.4, -0.2) is 38.3 Å². The van der Waals surface area contributed by atoms with E-state index >= 15 is 0 Å². The van der Waals surface area contributed by atoms with Gasteiger partial charge < -0.3 is 9.47 Å². The highest BCUT2D eigenvalue weighted by atomic mass is 32.2. The number of carbonyl (C=O) groups excluding carboxylic acids is 2. The molecule has 1 heterocycles. The van der Waals surface area contributed by atoms with Crippen molar-refractivity contribution in [3.05, 3.63) is 36.5 Å². The number of allylic oxidation sites excluding steroid dienone is 1. The number of hydrogen-bond acceptors (Lipinski definition) is 6. The molecule has 1 aromatic carbocycles. The molecule has 1 aliphatic rings. The van der Waals surface area contributed by atoms with E-state index in [9.17, 15) is 18.0 Å². The SMILES string of the molecule is CCC[C@H]1C=CN(S(=O)(=O)c2ccc(OC)cc2)C(=O)[C@H]1CC(=O)OCC. The summed E-state index contributed by atoms with van der Waals surface area (Å²) in [6.45, 7) is 3.87. The molecule has 0 spiro atoms. The number of methoxy groups -OCH3 is 1. The van der Waals surface area contributed by atoms with Crippen LogP contribution in [0.4, 0.5) is 0 Å². The Balaban J connectivity index is 2.33. The van der Waals surface area contributed by atoms with Gasteiger partial charge in [0.1, 0.15) is 5.75 Å². The number of rotatable bonds is 8. The topological polar surface area (TPSA) is 90.0 Å². The zero-order chi connectivity index (χ0) is 20.0. The molecule has 0 aromatic heterocycles. The lowest BCUT2D eigenvalue weighted by atomic mass is 9.84. The van der Waals surface area contributed by atoms with Crippen molar-refractivity contribution in [1.29, 1.82) is 0 Å². The van der Waals surface area contributed by atoms with Gasteiger partial charge in [-0.1, -0.05) is 19.4 Å². The Labute approximate surface area is 160 Å². The van der Waals surface area contributed by atoms with Crippen molar-refractivity contribution in [3.63, 3.8) is 0 Å². The minimum atomic E-state index is -4.07. The molecule has 0 fully saturated rings. The van der Waals surface area contributed by atoms with Crippen molar-refractivity contribution in [2.45, 2.75) is 38.0 Å². The number of carbonyl (C=O) groups is 2. The third-order valence-corrected chi connectivity index (χ3v) is 6.14. The van der Waals surface area contributed by atoms with E-state index in [0.29, 0.717) is 12.2 Å². The molecule has 1 aliphatic heterocycles. The highest BCUT2D eigenvalue weighted by Crippen LogP contribution is 2.32. The smallest absolute Gasteiger partial charge is 0.306 e. The van der Waals surface area contributed by atoms with E-state index in [0.717, 1.165) is 10.7 Å². The summed E-state index contributed by atoms with van der Waals surface area (Å²) in [7, 11) is -2.59. The van der Waals surface area contributed by atoms with Crippen LogP contribution < -0.4 is 4.74 Å². The molecule has 0 bridgehead atoms. The predicted octanol–water partition coefficient (Wildman–Crippen LogP) is 2.73. The number of ether oxygens (including phenoxy) is 2. The molecule has 0 saturated carbocycles. The molecule has 2 atom stereocenters. The zero-order valence-corrected chi connectivity index (χ0v) is 16.6. The number of amides is 1. The first-order valence-corrected chi connectivity index (χ1v) is 10.3. The van der Waals surface area contributed by atoms with Crippen molar-refractivity contribution in [2.24, 2.45) is 11.8 Å². The summed E-state index contributed by atoms with van der Waals surface area (Å²) < 4.78 is 36.5. The van der Waals surface area contributed by atoms with E-state index in [1.54, 1.807) is 13.0 Å². The maximum atomic E-state index is 13.0. The third kappa shape index (κ3) is 4.68. The molecular formula is C19H25NO6S. The Morgan fingerprint density at radius 1 is 1.19 bits per heavy atom. The molecule has 8 heteroatoms. The molecule has 27 heavy (non-hydrogen) atoms. The fourth-order valence-electron chi connectivity index (χ4n) is 3.07. The van der Waals surface area contributed by atoms with Crippen molar-refractivity contribution in [1.82, 2.24) is 4.31 Å². The number of esters is 1. The van der Waals surface area contributed by atoms with Crippen molar-refractivity contribution >= 4 is 21.9 Å². The predicted molar refractivity (Wildman–Crippen MR) is 99.3 cm³/mol. The van der Waals surface area contributed by atoms with Gasteiger partial charge in [-0.05, 0) is 43.5 Å². The molecule has 0 N–H and O–H groups in total. The van der Waals surface area contributed by atoms with Crippen molar-refractivity contribution in [3.8, 4) is 5.75 Å². The first-order chi connectivity index (χ1) is 12.8. The van der Waals surface area contributed by atoms with Gasteiger partial charge in [0.25, 0.3) is 10.0 Å². The maximum absolute atomic E-state index is 13.0. The lowest BCUT2D eigenvalue weighted by Crippen LogP contribution is -2.43. The number of benzene rings is 1. The summed E-state index contributed by atoms with van der Waals surface area (Å²) in [5, 5.41) is 0. The van der Waals surface area contributed by atoms with Gasteiger partial charge >= 0.3 is 5.97 Å². The summed E-state index contributed by atoms with van der Waals surface area (Å²) >= 11 is 0. The van der Waals surface area contributed by atoms with Crippen LogP contribution in [0.2, 0.25) is 0 Å². The Kier molecular flexibility index (Phi) is 7.01. The van der Waals surface area contributed by atoms with E-state index < -0.39 is 27.8 Å². The van der Waals surface area contributed by atoms with E-state index in [1.807, 2.05) is 6.92 Å². The average molecular weight is 395 g/mol. The Hall–Kier alpha value is -2.35. The van der Waals surface area contributed by atoms with Crippen molar-refractivity contribution < 1.29 is 27.5 Å². The Morgan fingerprint density at radius 2 is 1.85 bits per heavy atom. The lowest BCUT2D eigenvalue weighted by Gasteiger charge is -2.32. The van der Waals surface area contributed by atoms with E-state index in [2.05, 4.69) is 0 Å². The molecule has 148 valence electrons. The van der Waals surface area contributed by atoms with E-state index in [-0.39, 0.29) is 23.8 Å². The van der Waals surface area contributed by atoms with Crippen LogP contribution in [0.5, 0.6) is 5.75 Å². The summed E-state index contributed by atoms with van der Waals surface area (Å²) in [4.78, 5) is 24.9. The van der Waals surface area contributed by atoms with Crippen LogP contribution in [-0.2, 0) is 24.3 Å². The summed E-state index contributed by atoms with van der Waals surface area (Å²) in [6, 6.07) is 5.80. The van der Waals surface area contributed by atoms with Gasteiger partial charge in [-0.3, -0.25) is 9.59 Å². The van der Waals surface area contributed by atoms with E-state index in [4.69, 9.17) is 9.47 Å². The molecule has 7 nitrogen and oxygen atoms in total. The fourth-order valence-corrected chi connectivity index (χ4v) is 4.38. The molecule has 0 aliphatic carbocycles. The zero-order valence-electron chi connectivity index (χ0n) is 15.8. The van der Waals surface area contributed by atoms with Crippen LogP contribution in [0, 0.1) is 11.8 Å². The lowest BCUT2D eigenvalue weighted by molar-refractivity contribution is -0.148. The fraction of sp³-hybridized carbons (Fsp3) is 0.474. The maximum Gasteiger partial charge on any atom is 0.306 e. The molecule has 1 amide bonds. The second-order valence-corrected chi connectivity index (χ2v) is 8.04. The summed E-state index contributed by atoms with van der Waals surface area (Å²) in [6.07, 6.45) is 4.34. The van der Waals surface area contributed by atoms with Crippen LogP contribution in [0.3, 0.4) is 0 Å². The third-order valence-electron chi connectivity index (χ3n) is 4.45. The molecular weight excluding hydrogens is 370 g/mol. The first kappa shape index (κ1) is 21.0. The van der Waals surface area contributed by atoms with E-state index in [1.165, 1.54) is 37.6 Å². The number of nitrogens with zero attached hydrogens (tertiary/aromatic N) is 1. The first-order valence-electron chi connectivity index (χ1n) is 8.91.